The molecule has 0 atom stereocenters. The van der Waals surface area contributed by atoms with Gasteiger partial charge in [0.15, 0.2) is 5.43 Å². The summed E-state index contributed by atoms with van der Waals surface area (Å²) in [5, 5.41) is 11.0. The fourth-order valence-corrected chi connectivity index (χ4v) is 5.97. The van der Waals surface area contributed by atoms with Gasteiger partial charge in [-0.3, -0.25) is 4.79 Å². The van der Waals surface area contributed by atoms with E-state index in [1.165, 1.54) is 40.4 Å². The van der Waals surface area contributed by atoms with Gasteiger partial charge in [-0.25, -0.2) is 0 Å². The minimum absolute atomic E-state index is 0.119. The maximum atomic E-state index is 12.0. The van der Waals surface area contributed by atoms with Crippen LogP contribution in [0.1, 0.15) is 31.6 Å². The number of allylic oxidation sites excluding steroid dienone is 2. The Hall–Kier alpha value is -3.39. The molecule has 0 spiro atoms. The summed E-state index contributed by atoms with van der Waals surface area (Å²) >= 11 is 8.03. The standard InChI is InChI=1S/C17H19ClN2S.C16H18O4/c1-19(2)10-5-11-20-14-6-3-4-7-16(14)21-17-9-8-13(18)12-15(17)20;1-9(2)5-6-11-14(19-4)8-13(18)15-12(17)7-10(3)20-16(11)15/h3-4,6-9,12H,5,10-11H2,1-2H3;5,7-8,18H,6H2,1-4H3. The van der Waals surface area contributed by atoms with Crippen LogP contribution in [0.4, 0.5) is 11.4 Å². The molecule has 0 amide bonds. The zero-order valence-corrected chi connectivity index (χ0v) is 26.0. The molecule has 4 aromatic rings. The highest BCUT2D eigenvalue weighted by atomic mass is 35.5. The monoisotopic (exact) mass is 592 g/mol. The molecule has 1 aromatic heterocycles. The van der Waals surface area contributed by atoms with Crippen LogP contribution in [0.3, 0.4) is 0 Å². The van der Waals surface area contributed by atoms with E-state index in [0.29, 0.717) is 23.5 Å². The maximum absolute atomic E-state index is 12.0. The second kappa shape index (κ2) is 13.5. The van der Waals surface area contributed by atoms with E-state index in [1.54, 1.807) is 6.92 Å². The van der Waals surface area contributed by atoms with E-state index in [1.807, 2.05) is 37.8 Å². The average Bonchev–Trinajstić information content (AvgIpc) is 2.91. The molecule has 0 radical (unpaired) electrons. The third kappa shape index (κ3) is 7.28. The minimum atomic E-state index is -0.248. The molecule has 0 aliphatic carbocycles. The van der Waals surface area contributed by atoms with Gasteiger partial charge < -0.3 is 24.1 Å². The quantitative estimate of drug-likeness (QED) is 0.217. The first-order valence-corrected chi connectivity index (χ1v) is 14.7. The molecule has 0 bridgehead atoms. The predicted octanol–water partition coefficient (Wildman–Crippen LogP) is 8.22. The Kier molecular flexibility index (Phi) is 10.1. The highest BCUT2D eigenvalue weighted by molar-refractivity contribution is 7.99. The van der Waals surface area contributed by atoms with E-state index < -0.39 is 0 Å². The van der Waals surface area contributed by atoms with Crippen molar-refractivity contribution in [2.45, 2.75) is 43.4 Å². The lowest BCUT2D eigenvalue weighted by molar-refractivity contribution is 0.402. The fourth-order valence-electron chi connectivity index (χ4n) is 4.73. The summed E-state index contributed by atoms with van der Waals surface area (Å²) < 4.78 is 11.0. The fraction of sp³-hybridized carbons (Fsp3) is 0.303. The second-order valence-corrected chi connectivity index (χ2v) is 12.0. The van der Waals surface area contributed by atoms with Crippen LogP contribution in [0, 0.1) is 6.92 Å². The van der Waals surface area contributed by atoms with Crippen LogP contribution in [0.5, 0.6) is 11.5 Å². The molecule has 0 saturated carbocycles. The van der Waals surface area contributed by atoms with Crippen molar-refractivity contribution < 1.29 is 14.3 Å². The van der Waals surface area contributed by atoms with E-state index in [0.717, 1.165) is 35.7 Å². The number of aryl methyl sites for hydroxylation is 1. The van der Waals surface area contributed by atoms with Crippen molar-refractivity contribution in [2.24, 2.45) is 0 Å². The Balaban J connectivity index is 0.000000189. The van der Waals surface area contributed by atoms with Gasteiger partial charge in [0.25, 0.3) is 0 Å². The Morgan fingerprint density at radius 1 is 1.10 bits per heavy atom. The number of methoxy groups -OCH3 is 1. The van der Waals surface area contributed by atoms with Gasteiger partial charge in [-0.1, -0.05) is 47.1 Å². The summed E-state index contributed by atoms with van der Waals surface area (Å²) in [6, 6.07) is 17.6. The number of benzene rings is 3. The molecule has 1 N–H and O–H groups in total. The van der Waals surface area contributed by atoms with Gasteiger partial charge >= 0.3 is 0 Å². The van der Waals surface area contributed by atoms with Crippen molar-refractivity contribution in [2.75, 3.05) is 39.2 Å². The third-order valence-electron chi connectivity index (χ3n) is 6.68. The van der Waals surface area contributed by atoms with Crippen molar-refractivity contribution >= 4 is 45.7 Å². The first-order chi connectivity index (χ1) is 19.6. The number of halogens is 1. The lowest BCUT2D eigenvalue weighted by Gasteiger charge is -2.33. The number of hydrogen-bond acceptors (Lipinski definition) is 7. The van der Waals surface area contributed by atoms with E-state index in [2.05, 4.69) is 60.3 Å². The lowest BCUT2D eigenvalue weighted by atomic mass is 10.0. The second-order valence-electron chi connectivity index (χ2n) is 10.5. The first kappa shape index (κ1) is 30.6. The van der Waals surface area contributed by atoms with E-state index >= 15 is 0 Å². The van der Waals surface area contributed by atoms with Crippen LogP contribution in [0.15, 0.2) is 85.2 Å². The topological polar surface area (TPSA) is 66.2 Å². The SMILES string of the molecule is CN(C)CCCN1c2ccccc2Sc2ccc(Cl)cc21.COc1cc(O)c2c(=O)cc(C)oc2c1CC=C(C)C. The van der Waals surface area contributed by atoms with E-state index in [4.69, 9.17) is 20.8 Å². The maximum Gasteiger partial charge on any atom is 0.196 e. The Bertz CT molecular complexity index is 1630. The number of fused-ring (bicyclic) bond motifs is 3. The Labute approximate surface area is 251 Å². The Morgan fingerprint density at radius 2 is 1.83 bits per heavy atom. The number of ether oxygens (including phenoxy) is 1. The largest absolute Gasteiger partial charge is 0.507 e. The van der Waals surface area contributed by atoms with Crippen LogP contribution in [0.2, 0.25) is 5.02 Å². The highest BCUT2D eigenvalue weighted by Crippen LogP contribution is 2.48. The number of aromatic hydroxyl groups is 1. The molecule has 0 saturated heterocycles. The van der Waals surface area contributed by atoms with Crippen LogP contribution in [-0.2, 0) is 6.42 Å². The molecule has 41 heavy (non-hydrogen) atoms. The zero-order chi connectivity index (χ0) is 29.7. The molecule has 216 valence electrons. The molecule has 0 unspecified atom stereocenters. The van der Waals surface area contributed by atoms with E-state index in [9.17, 15) is 9.90 Å². The number of phenols is 1. The van der Waals surface area contributed by atoms with Gasteiger partial charge in [0.2, 0.25) is 0 Å². The molecule has 0 fully saturated rings. The summed E-state index contributed by atoms with van der Waals surface area (Å²) in [5.74, 6) is 0.904. The van der Waals surface area contributed by atoms with Gasteiger partial charge in [0, 0.05) is 39.1 Å². The number of rotatable bonds is 7. The third-order valence-corrected chi connectivity index (χ3v) is 8.04. The van der Waals surface area contributed by atoms with Crippen LogP contribution in [0.25, 0.3) is 11.0 Å². The van der Waals surface area contributed by atoms with Crippen molar-refractivity contribution in [1.29, 1.82) is 0 Å². The van der Waals surface area contributed by atoms with Gasteiger partial charge in [-0.05, 0) is 84.6 Å². The number of phenolic OH excluding ortho intramolecular Hbond substituents is 1. The van der Waals surface area contributed by atoms with Gasteiger partial charge in [-0.15, -0.1) is 0 Å². The molecule has 1 aliphatic rings. The van der Waals surface area contributed by atoms with Crippen LogP contribution < -0.4 is 15.1 Å². The smallest absolute Gasteiger partial charge is 0.196 e. The molecule has 3 aromatic carbocycles. The van der Waals surface area contributed by atoms with Gasteiger partial charge in [-0.2, -0.15) is 0 Å². The van der Waals surface area contributed by atoms with Crippen molar-refractivity contribution in [3.8, 4) is 11.5 Å². The predicted molar refractivity (Wildman–Crippen MR) is 171 cm³/mol. The number of hydrogen-bond donors (Lipinski definition) is 1. The highest BCUT2D eigenvalue weighted by Gasteiger charge is 2.23. The van der Waals surface area contributed by atoms with Crippen LogP contribution in [-0.4, -0.2) is 44.3 Å². The molecule has 2 heterocycles. The average molecular weight is 593 g/mol. The lowest BCUT2D eigenvalue weighted by Crippen LogP contribution is -2.25. The van der Waals surface area contributed by atoms with Crippen molar-refractivity contribution in [1.82, 2.24) is 4.90 Å². The number of anilines is 2. The number of nitrogens with zero attached hydrogens (tertiary/aromatic N) is 2. The molecular weight excluding hydrogens is 556 g/mol. The summed E-state index contributed by atoms with van der Waals surface area (Å²) in [5.41, 5.74) is 4.58. The normalized spacial score (nSPS) is 12.0. The van der Waals surface area contributed by atoms with Crippen molar-refractivity contribution in [3.05, 3.63) is 92.8 Å². The van der Waals surface area contributed by atoms with Crippen LogP contribution >= 0.6 is 23.4 Å². The Morgan fingerprint density at radius 3 is 2.54 bits per heavy atom. The molecule has 8 heteroatoms. The molecule has 6 nitrogen and oxygen atoms in total. The summed E-state index contributed by atoms with van der Waals surface area (Å²) in [4.78, 5) is 19.3. The first-order valence-electron chi connectivity index (χ1n) is 13.5. The van der Waals surface area contributed by atoms with Crippen molar-refractivity contribution in [3.63, 3.8) is 0 Å². The number of para-hydroxylation sites is 1. The summed E-state index contributed by atoms with van der Waals surface area (Å²) in [7, 11) is 5.76. The molecule has 5 rings (SSSR count). The van der Waals surface area contributed by atoms with Gasteiger partial charge in [0.05, 0.1) is 18.5 Å². The zero-order valence-electron chi connectivity index (χ0n) is 24.5. The van der Waals surface area contributed by atoms with Gasteiger partial charge in [0.1, 0.15) is 28.2 Å². The molecule has 1 aliphatic heterocycles. The minimum Gasteiger partial charge on any atom is -0.507 e. The molecular formula is C33H37ClN2O4S. The summed E-state index contributed by atoms with van der Waals surface area (Å²) in [6.07, 6.45) is 3.73. The summed E-state index contributed by atoms with van der Waals surface area (Å²) in [6.45, 7) is 7.79. The van der Waals surface area contributed by atoms with E-state index in [-0.39, 0.29) is 16.6 Å².